The fraction of sp³-hybridized carbons (Fsp3) is 0.353. The molecule has 24 heavy (non-hydrogen) atoms. The number of carbonyl (C=O) groups is 1. The molecule has 5 nitrogen and oxygen atoms in total. The Balaban J connectivity index is 1.91. The van der Waals surface area contributed by atoms with Gasteiger partial charge in [-0.3, -0.25) is 14.8 Å². The van der Waals surface area contributed by atoms with Crippen LogP contribution in [-0.2, 0) is 6.54 Å². The standard InChI is InChI=1S/C17H19ClN4OS/c1-5-22-15(14(18)10(4)21-22)16(23)20-17-19-12-7-6-11(9(2)3)8-13(12)24-17/h6-9H,5H2,1-4H3,(H,19,20,23). The Bertz CT molecular complexity index is 913. The predicted octanol–water partition coefficient (Wildman–Crippen LogP) is 4.85. The fourth-order valence-corrected chi connectivity index (χ4v) is 3.65. The van der Waals surface area contributed by atoms with Gasteiger partial charge in [-0.25, -0.2) is 4.98 Å². The molecule has 0 aliphatic carbocycles. The number of aryl methyl sites for hydroxylation is 2. The molecule has 0 fully saturated rings. The number of aromatic nitrogens is 3. The molecule has 2 aromatic heterocycles. The van der Waals surface area contributed by atoms with E-state index in [1.807, 2.05) is 13.0 Å². The van der Waals surface area contributed by atoms with Gasteiger partial charge in [0.2, 0.25) is 0 Å². The average Bonchev–Trinajstić information content (AvgIpc) is 3.06. The highest BCUT2D eigenvalue weighted by atomic mass is 35.5. The first kappa shape index (κ1) is 16.9. The Hall–Kier alpha value is -1.92. The Kier molecular flexibility index (Phi) is 4.60. The van der Waals surface area contributed by atoms with Gasteiger partial charge in [-0.2, -0.15) is 5.10 Å². The van der Waals surface area contributed by atoms with Crippen LogP contribution in [0.4, 0.5) is 5.13 Å². The molecule has 0 aliphatic heterocycles. The van der Waals surface area contributed by atoms with Gasteiger partial charge < -0.3 is 0 Å². The maximum atomic E-state index is 12.6. The van der Waals surface area contributed by atoms with Crippen LogP contribution in [0.15, 0.2) is 18.2 Å². The molecule has 0 atom stereocenters. The number of carbonyl (C=O) groups excluding carboxylic acids is 1. The molecular weight excluding hydrogens is 344 g/mol. The lowest BCUT2D eigenvalue weighted by molar-refractivity contribution is 0.101. The van der Waals surface area contributed by atoms with Crippen LogP contribution in [-0.4, -0.2) is 20.7 Å². The molecule has 0 bridgehead atoms. The minimum atomic E-state index is -0.286. The van der Waals surface area contributed by atoms with Crippen molar-refractivity contribution in [1.82, 2.24) is 14.8 Å². The van der Waals surface area contributed by atoms with Gasteiger partial charge in [0.25, 0.3) is 5.91 Å². The van der Waals surface area contributed by atoms with Crippen LogP contribution >= 0.6 is 22.9 Å². The normalized spacial score (nSPS) is 11.4. The maximum absolute atomic E-state index is 12.6. The highest BCUT2D eigenvalue weighted by molar-refractivity contribution is 7.22. The SMILES string of the molecule is CCn1nc(C)c(Cl)c1C(=O)Nc1nc2ccc(C(C)C)cc2s1. The van der Waals surface area contributed by atoms with E-state index in [0.29, 0.717) is 34.0 Å². The number of nitrogens with zero attached hydrogens (tertiary/aromatic N) is 3. The topological polar surface area (TPSA) is 59.8 Å². The van der Waals surface area contributed by atoms with E-state index in [1.165, 1.54) is 16.9 Å². The molecule has 0 aliphatic rings. The summed E-state index contributed by atoms with van der Waals surface area (Å²) in [5.74, 6) is 0.167. The summed E-state index contributed by atoms with van der Waals surface area (Å²) in [6.45, 7) is 8.59. The Morgan fingerprint density at radius 2 is 2.17 bits per heavy atom. The second-order valence-corrected chi connectivity index (χ2v) is 7.33. The van der Waals surface area contributed by atoms with Gasteiger partial charge in [-0.15, -0.1) is 0 Å². The first-order chi connectivity index (χ1) is 11.4. The van der Waals surface area contributed by atoms with Crippen LogP contribution < -0.4 is 5.32 Å². The van der Waals surface area contributed by atoms with Crippen LogP contribution in [0.3, 0.4) is 0 Å². The third-order valence-electron chi connectivity index (χ3n) is 3.87. The molecule has 0 unspecified atom stereocenters. The van der Waals surface area contributed by atoms with Crippen molar-refractivity contribution in [1.29, 1.82) is 0 Å². The minimum Gasteiger partial charge on any atom is -0.296 e. The quantitative estimate of drug-likeness (QED) is 0.721. The third-order valence-corrected chi connectivity index (χ3v) is 5.25. The summed E-state index contributed by atoms with van der Waals surface area (Å²) in [4.78, 5) is 17.1. The molecule has 7 heteroatoms. The highest BCUT2D eigenvalue weighted by Gasteiger charge is 2.21. The van der Waals surface area contributed by atoms with Crippen LogP contribution in [0.25, 0.3) is 10.2 Å². The van der Waals surface area contributed by atoms with Crippen molar-refractivity contribution in [2.45, 2.75) is 40.2 Å². The van der Waals surface area contributed by atoms with Gasteiger partial charge in [0, 0.05) is 6.54 Å². The van der Waals surface area contributed by atoms with E-state index in [2.05, 4.69) is 41.4 Å². The average molecular weight is 363 g/mol. The number of hydrogen-bond acceptors (Lipinski definition) is 4. The number of anilines is 1. The van der Waals surface area contributed by atoms with E-state index >= 15 is 0 Å². The van der Waals surface area contributed by atoms with Gasteiger partial charge in [-0.05, 0) is 37.5 Å². The van der Waals surface area contributed by atoms with Crippen molar-refractivity contribution in [3.8, 4) is 0 Å². The van der Waals surface area contributed by atoms with E-state index in [-0.39, 0.29) is 5.91 Å². The summed E-state index contributed by atoms with van der Waals surface area (Å²) in [6.07, 6.45) is 0. The van der Waals surface area contributed by atoms with Crippen molar-refractivity contribution < 1.29 is 4.79 Å². The van der Waals surface area contributed by atoms with Crippen molar-refractivity contribution in [2.75, 3.05) is 5.32 Å². The molecule has 3 rings (SSSR count). The molecule has 3 aromatic rings. The highest BCUT2D eigenvalue weighted by Crippen LogP contribution is 2.30. The molecule has 1 N–H and O–H groups in total. The molecular formula is C17H19ClN4OS. The summed E-state index contributed by atoms with van der Waals surface area (Å²) in [5, 5.41) is 8.07. The van der Waals surface area contributed by atoms with Crippen LogP contribution in [0.2, 0.25) is 5.02 Å². The van der Waals surface area contributed by atoms with E-state index in [1.54, 1.807) is 11.6 Å². The Morgan fingerprint density at radius 3 is 2.83 bits per heavy atom. The van der Waals surface area contributed by atoms with E-state index < -0.39 is 0 Å². The maximum Gasteiger partial charge on any atom is 0.277 e. The zero-order valence-electron chi connectivity index (χ0n) is 14.1. The second kappa shape index (κ2) is 6.53. The van der Waals surface area contributed by atoms with Crippen molar-refractivity contribution in [2.24, 2.45) is 0 Å². The minimum absolute atomic E-state index is 0.286. The van der Waals surface area contributed by atoms with Crippen molar-refractivity contribution in [3.63, 3.8) is 0 Å². The summed E-state index contributed by atoms with van der Waals surface area (Å²) in [7, 11) is 0. The lowest BCUT2D eigenvalue weighted by Gasteiger charge is -2.04. The van der Waals surface area contributed by atoms with Gasteiger partial charge in [0.1, 0.15) is 5.69 Å². The summed E-state index contributed by atoms with van der Waals surface area (Å²) in [6, 6.07) is 6.19. The third kappa shape index (κ3) is 3.03. The number of nitrogens with one attached hydrogen (secondary N) is 1. The van der Waals surface area contributed by atoms with Crippen LogP contribution in [0, 0.1) is 6.92 Å². The summed E-state index contributed by atoms with van der Waals surface area (Å²) >= 11 is 7.69. The lowest BCUT2D eigenvalue weighted by atomic mass is 10.0. The molecule has 0 saturated carbocycles. The fourth-order valence-electron chi connectivity index (χ4n) is 2.52. The number of halogens is 1. The van der Waals surface area contributed by atoms with Gasteiger partial charge in [0.15, 0.2) is 5.13 Å². The van der Waals surface area contributed by atoms with Gasteiger partial charge in [0.05, 0.1) is 20.9 Å². The Morgan fingerprint density at radius 1 is 1.42 bits per heavy atom. The van der Waals surface area contributed by atoms with Crippen LogP contribution in [0.1, 0.15) is 48.4 Å². The van der Waals surface area contributed by atoms with Crippen molar-refractivity contribution >= 4 is 44.2 Å². The Labute approximate surface area is 149 Å². The molecule has 1 amide bonds. The van der Waals surface area contributed by atoms with E-state index in [4.69, 9.17) is 11.6 Å². The van der Waals surface area contributed by atoms with Gasteiger partial charge in [-0.1, -0.05) is 42.9 Å². The number of hydrogen-bond donors (Lipinski definition) is 1. The molecule has 126 valence electrons. The zero-order chi connectivity index (χ0) is 17.4. The second-order valence-electron chi connectivity index (χ2n) is 5.92. The first-order valence-corrected chi connectivity index (χ1v) is 9.04. The zero-order valence-corrected chi connectivity index (χ0v) is 15.6. The predicted molar refractivity (Wildman–Crippen MR) is 99.3 cm³/mol. The van der Waals surface area contributed by atoms with Crippen molar-refractivity contribution in [3.05, 3.63) is 40.2 Å². The molecule has 0 saturated heterocycles. The monoisotopic (exact) mass is 362 g/mol. The molecule has 2 heterocycles. The van der Waals surface area contributed by atoms with E-state index in [0.717, 1.165) is 10.2 Å². The number of thiazole rings is 1. The number of amides is 1. The molecule has 0 radical (unpaired) electrons. The van der Waals surface area contributed by atoms with E-state index in [9.17, 15) is 4.79 Å². The summed E-state index contributed by atoms with van der Waals surface area (Å²) in [5.41, 5.74) is 3.16. The van der Waals surface area contributed by atoms with Crippen LogP contribution in [0.5, 0.6) is 0 Å². The lowest BCUT2D eigenvalue weighted by Crippen LogP contribution is -2.17. The smallest absolute Gasteiger partial charge is 0.277 e. The first-order valence-electron chi connectivity index (χ1n) is 7.85. The molecule has 1 aromatic carbocycles. The molecule has 0 spiro atoms. The largest absolute Gasteiger partial charge is 0.296 e. The summed E-state index contributed by atoms with van der Waals surface area (Å²) < 4.78 is 2.67. The van der Waals surface area contributed by atoms with Gasteiger partial charge >= 0.3 is 0 Å². The number of rotatable bonds is 4. The number of fused-ring (bicyclic) bond motifs is 1. The number of benzene rings is 1.